The van der Waals surface area contributed by atoms with Gasteiger partial charge in [0.1, 0.15) is 5.82 Å². The molecule has 3 rings (SSSR count). The molecule has 0 spiro atoms. The summed E-state index contributed by atoms with van der Waals surface area (Å²) in [6.07, 6.45) is -3.57. The average Bonchev–Trinajstić information content (AvgIpc) is 2.63. The van der Waals surface area contributed by atoms with Crippen molar-refractivity contribution in [2.75, 3.05) is 23.3 Å². The molecule has 27 heavy (non-hydrogen) atoms. The molecule has 0 atom stereocenters. The fourth-order valence-corrected chi connectivity index (χ4v) is 2.96. The van der Waals surface area contributed by atoms with Crippen LogP contribution >= 0.6 is 0 Å². The van der Waals surface area contributed by atoms with Crippen molar-refractivity contribution in [3.63, 3.8) is 0 Å². The molecular weight excluding hydrogens is 368 g/mol. The second kappa shape index (κ2) is 7.37. The van der Waals surface area contributed by atoms with Gasteiger partial charge < -0.3 is 15.3 Å². The molecule has 0 amide bonds. The Labute approximate surface area is 151 Å². The third-order valence-electron chi connectivity index (χ3n) is 4.34. The van der Waals surface area contributed by atoms with Gasteiger partial charge in [-0.1, -0.05) is 0 Å². The van der Waals surface area contributed by atoms with Gasteiger partial charge in [0.25, 0.3) is 0 Å². The second-order valence-electron chi connectivity index (χ2n) is 6.18. The Hall–Kier alpha value is -2.91. The molecule has 0 aliphatic carbocycles. The molecule has 0 bridgehead atoms. The fraction of sp³-hybridized carbons (Fsp3) is 0.353. The molecule has 6 nitrogen and oxygen atoms in total. The number of aromatic nitrogens is 2. The van der Waals surface area contributed by atoms with Crippen LogP contribution in [0.2, 0.25) is 0 Å². The normalized spacial score (nSPS) is 15.6. The average molecular weight is 384 g/mol. The summed E-state index contributed by atoms with van der Waals surface area (Å²) < 4.78 is 52.4. The molecule has 0 unspecified atom stereocenters. The summed E-state index contributed by atoms with van der Waals surface area (Å²) in [4.78, 5) is 12.7. The van der Waals surface area contributed by atoms with Crippen LogP contribution in [0, 0.1) is 5.82 Å². The molecule has 2 aromatic rings. The summed E-state index contributed by atoms with van der Waals surface area (Å²) in [6, 6.07) is 5.26. The summed E-state index contributed by atoms with van der Waals surface area (Å²) >= 11 is 0. The van der Waals surface area contributed by atoms with Gasteiger partial charge in [-0.15, -0.1) is 10.2 Å². The largest absolute Gasteiger partial charge is 0.476 e. The highest BCUT2D eigenvalue weighted by Crippen LogP contribution is 2.36. The topological polar surface area (TPSA) is 78.4 Å². The molecular formula is C17H16F4N4O2. The molecule has 2 heterocycles. The lowest BCUT2D eigenvalue weighted by atomic mass is 10.0. The van der Waals surface area contributed by atoms with Crippen molar-refractivity contribution in [1.82, 2.24) is 10.2 Å². The van der Waals surface area contributed by atoms with Gasteiger partial charge in [0, 0.05) is 24.8 Å². The molecule has 10 heteroatoms. The maximum Gasteiger partial charge on any atom is 0.418 e. The van der Waals surface area contributed by atoms with Crippen LogP contribution < -0.4 is 10.2 Å². The first kappa shape index (κ1) is 18.9. The highest BCUT2D eigenvalue weighted by Gasteiger charge is 2.34. The number of carbonyl (C=O) groups is 1. The summed E-state index contributed by atoms with van der Waals surface area (Å²) in [6.45, 7) is 1.03. The summed E-state index contributed by atoms with van der Waals surface area (Å²) in [5, 5.41) is 19.2. The molecule has 1 aromatic carbocycles. The van der Waals surface area contributed by atoms with E-state index >= 15 is 0 Å². The van der Waals surface area contributed by atoms with Crippen molar-refractivity contribution < 1.29 is 27.5 Å². The number of hydrogen-bond donors (Lipinski definition) is 2. The Morgan fingerprint density at radius 2 is 1.85 bits per heavy atom. The van der Waals surface area contributed by atoms with E-state index in [4.69, 9.17) is 5.11 Å². The molecule has 2 N–H and O–H groups in total. The molecule has 1 fully saturated rings. The molecule has 0 saturated carbocycles. The van der Waals surface area contributed by atoms with E-state index in [9.17, 15) is 22.4 Å². The molecule has 1 saturated heterocycles. The van der Waals surface area contributed by atoms with E-state index < -0.39 is 23.5 Å². The van der Waals surface area contributed by atoms with Gasteiger partial charge in [0.2, 0.25) is 0 Å². The standard InChI is InChI=1S/C17H16F4N4O2/c18-10-1-2-13(12(9-10)17(19,20)21)22-11-5-7-25(8-6-11)15-4-3-14(16(26)27)23-24-15/h1-4,9,11,22H,5-8H2,(H,26,27). The number of aromatic carboxylic acids is 1. The molecule has 1 aromatic heterocycles. The zero-order valence-electron chi connectivity index (χ0n) is 14.0. The predicted molar refractivity (Wildman–Crippen MR) is 89.3 cm³/mol. The monoisotopic (exact) mass is 384 g/mol. The highest BCUT2D eigenvalue weighted by atomic mass is 19.4. The molecule has 1 aliphatic rings. The Balaban J connectivity index is 1.64. The SMILES string of the molecule is O=C(O)c1ccc(N2CCC(Nc3ccc(F)cc3C(F)(F)F)CC2)nn1. The number of rotatable bonds is 4. The minimum Gasteiger partial charge on any atom is -0.476 e. The predicted octanol–water partition coefficient (Wildman–Crippen LogP) is 3.41. The zero-order chi connectivity index (χ0) is 19.6. The van der Waals surface area contributed by atoms with E-state index in [0.717, 1.165) is 12.1 Å². The number of hydrogen-bond acceptors (Lipinski definition) is 5. The van der Waals surface area contributed by atoms with Crippen molar-refractivity contribution in [2.24, 2.45) is 0 Å². The first-order valence-electron chi connectivity index (χ1n) is 8.19. The van der Waals surface area contributed by atoms with Crippen molar-refractivity contribution in [1.29, 1.82) is 0 Å². The third kappa shape index (κ3) is 4.44. The quantitative estimate of drug-likeness (QED) is 0.787. The summed E-state index contributed by atoms with van der Waals surface area (Å²) in [5.41, 5.74) is -1.33. The lowest BCUT2D eigenvalue weighted by molar-refractivity contribution is -0.137. The van der Waals surface area contributed by atoms with Crippen molar-refractivity contribution in [3.8, 4) is 0 Å². The van der Waals surface area contributed by atoms with Crippen molar-refractivity contribution in [3.05, 3.63) is 47.4 Å². The Bertz CT molecular complexity index is 819. The first-order valence-corrected chi connectivity index (χ1v) is 8.19. The van der Waals surface area contributed by atoms with Crippen LogP contribution in [0.25, 0.3) is 0 Å². The van der Waals surface area contributed by atoms with Crippen LogP contribution in [-0.4, -0.2) is 40.4 Å². The van der Waals surface area contributed by atoms with Crippen LogP contribution in [0.3, 0.4) is 0 Å². The lowest BCUT2D eigenvalue weighted by Gasteiger charge is -2.33. The molecule has 0 radical (unpaired) electrons. The van der Waals surface area contributed by atoms with Gasteiger partial charge in [0.15, 0.2) is 11.5 Å². The number of benzene rings is 1. The number of nitrogens with one attached hydrogen (secondary N) is 1. The zero-order valence-corrected chi connectivity index (χ0v) is 14.0. The van der Waals surface area contributed by atoms with Gasteiger partial charge in [-0.25, -0.2) is 9.18 Å². The number of anilines is 2. The van der Waals surface area contributed by atoms with E-state index in [1.54, 1.807) is 6.07 Å². The van der Waals surface area contributed by atoms with Crippen molar-refractivity contribution in [2.45, 2.75) is 25.1 Å². The second-order valence-corrected chi connectivity index (χ2v) is 6.18. The van der Waals surface area contributed by atoms with E-state index in [1.165, 1.54) is 6.07 Å². The van der Waals surface area contributed by atoms with E-state index in [-0.39, 0.29) is 17.4 Å². The van der Waals surface area contributed by atoms with E-state index in [1.807, 2.05) is 4.90 Å². The highest BCUT2D eigenvalue weighted by molar-refractivity contribution is 5.85. The minimum absolute atomic E-state index is 0.145. The number of piperidine rings is 1. The third-order valence-corrected chi connectivity index (χ3v) is 4.34. The van der Waals surface area contributed by atoms with Gasteiger partial charge in [-0.3, -0.25) is 0 Å². The van der Waals surface area contributed by atoms with E-state index in [2.05, 4.69) is 15.5 Å². The molecule has 1 aliphatic heterocycles. The van der Waals surface area contributed by atoms with Crippen LogP contribution in [0.1, 0.15) is 28.9 Å². The maximum absolute atomic E-state index is 13.2. The van der Waals surface area contributed by atoms with Crippen molar-refractivity contribution >= 4 is 17.5 Å². The van der Waals surface area contributed by atoms with Crippen LogP contribution in [0.4, 0.5) is 29.1 Å². The Morgan fingerprint density at radius 3 is 2.41 bits per heavy atom. The maximum atomic E-state index is 13.2. The van der Waals surface area contributed by atoms with Crippen LogP contribution in [-0.2, 0) is 6.18 Å². The lowest BCUT2D eigenvalue weighted by Crippen LogP contribution is -2.40. The fourth-order valence-electron chi connectivity index (χ4n) is 2.96. The van der Waals surface area contributed by atoms with Gasteiger partial charge >= 0.3 is 12.1 Å². The minimum atomic E-state index is -4.65. The Kier molecular flexibility index (Phi) is 5.15. The van der Waals surface area contributed by atoms with Gasteiger partial charge in [0.05, 0.1) is 5.56 Å². The summed E-state index contributed by atoms with van der Waals surface area (Å²) in [5.74, 6) is -1.60. The number of carboxylic acid groups (broad SMARTS) is 1. The number of halogens is 4. The number of alkyl halides is 3. The van der Waals surface area contributed by atoms with Gasteiger partial charge in [-0.2, -0.15) is 13.2 Å². The van der Waals surface area contributed by atoms with Crippen LogP contribution in [0.5, 0.6) is 0 Å². The van der Waals surface area contributed by atoms with Gasteiger partial charge in [-0.05, 0) is 43.2 Å². The number of carboxylic acids is 1. The van der Waals surface area contributed by atoms with Crippen LogP contribution in [0.15, 0.2) is 30.3 Å². The summed E-state index contributed by atoms with van der Waals surface area (Å²) in [7, 11) is 0. The molecule has 144 valence electrons. The Morgan fingerprint density at radius 1 is 1.15 bits per heavy atom. The first-order chi connectivity index (χ1) is 12.7. The van der Waals surface area contributed by atoms with E-state index in [0.29, 0.717) is 37.8 Å². The smallest absolute Gasteiger partial charge is 0.418 e. The number of nitrogens with zero attached hydrogens (tertiary/aromatic N) is 3.